The van der Waals surface area contributed by atoms with Gasteiger partial charge in [0.05, 0.1) is 84.3 Å². The minimum absolute atomic E-state index is 0.825. The number of carboxylic acid groups (broad SMARTS) is 1. The predicted octanol–water partition coefficient (Wildman–Crippen LogP) is -24.0. The second kappa shape index (κ2) is 50.6. The van der Waals surface area contributed by atoms with Crippen LogP contribution < -0.4 is 26.6 Å². The highest BCUT2D eigenvalue weighted by atomic mass is 16.8. The van der Waals surface area contributed by atoms with Crippen molar-refractivity contribution in [3.05, 3.63) is 0 Å². The van der Waals surface area contributed by atoms with Gasteiger partial charge >= 0.3 is 5.97 Å². The van der Waals surface area contributed by atoms with E-state index in [9.17, 15) is 187 Å². The molecule has 11 fully saturated rings. The van der Waals surface area contributed by atoms with Crippen molar-refractivity contribution >= 4 is 35.5 Å². The van der Waals surface area contributed by atoms with E-state index in [1.165, 1.54) is 6.92 Å². The molecular formula is C79H131N5O58. The Bertz CT molecular complexity index is 4010. The highest BCUT2D eigenvalue weighted by molar-refractivity contribution is 5.77. The number of carboxylic acids is 1. The molecule has 11 saturated heterocycles. The third-order valence-electron chi connectivity index (χ3n) is 25.9. The van der Waals surface area contributed by atoms with Gasteiger partial charge in [-0.1, -0.05) is 0 Å². The molecule has 0 aliphatic carbocycles. The fourth-order valence-electron chi connectivity index (χ4n) is 18.4. The quantitative estimate of drug-likeness (QED) is 0.0273. The maximum absolute atomic E-state index is 13.6. The van der Waals surface area contributed by atoms with Crippen LogP contribution in [-0.2, 0) is 128 Å². The summed E-state index contributed by atoms with van der Waals surface area (Å²) in [5.41, 5.74) is 0. The van der Waals surface area contributed by atoms with E-state index in [0.29, 0.717) is 0 Å². The monoisotopic (exact) mass is 2080 g/mol. The Morgan fingerprint density at radius 1 is 0.303 bits per heavy atom. The first kappa shape index (κ1) is 117. The minimum atomic E-state index is -3.39. The summed E-state index contributed by atoms with van der Waals surface area (Å²) in [6.45, 7) is -6.31. The Hall–Kier alpha value is -5.22. The summed E-state index contributed by atoms with van der Waals surface area (Å²) >= 11 is 0. The zero-order valence-corrected chi connectivity index (χ0v) is 76.4. The number of ether oxygens (including phenoxy) is 21. The average Bonchev–Trinajstić information content (AvgIpc) is 0.734. The van der Waals surface area contributed by atoms with Crippen molar-refractivity contribution < 1.29 is 287 Å². The maximum Gasteiger partial charge on any atom is 0.364 e. The topological polar surface area (TPSA) is 984 Å². The number of aliphatic hydroxyl groups excluding tert-OH is 30. The average molecular weight is 2080 g/mol. The van der Waals surface area contributed by atoms with Crippen molar-refractivity contribution in [2.75, 3.05) is 66.1 Å². The van der Waals surface area contributed by atoms with Gasteiger partial charge in [0.25, 0.3) is 5.79 Å². The molecule has 11 aliphatic heterocycles. The summed E-state index contributed by atoms with van der Waals surface area (Å²) in [5.74, 6) is -10.6. The van der Waals surface area contributed by atoms with Crippen molar-refractivity contribution in [3.8, 4) is 0 Å². The molecule has 11 heterocycles. The molecule has 0 aromatic rings. The molecule has 820 valence electrons. The fraction of sp³-hybridized carbons (Fsp3) is 0.924. The van der Waals surface area contributed by atoms with Crippen LogP contribution in [0.25, 0.3) is 0 Å². The van der Waals surface area contributed by atoms with Crippen LogP contribution in [-0.4, -0.2) is 603 Å². The van der Waals surface area contributed by atoms with Crippen LogP contribution in [0.3, 0.4) is 0 Å². The van der Waals surface area contributed by atoms with Crippen LogP contribution in [0.4, 0.5) is 0 Å². The van der Waals surface area contributed by atoms with E-state index in [1.54, 1.807) is 0 Å². The third-order valence-corrected chi connectivity index (χ3v) is 25.9. The van der Waals surface area contributed by atoms with E-state index in [4.69, 9.17) is 99.5 Å². The number of amides is 5. The number of nitrogens with one attached hydrogen (secondary N) is 5. The normalized spacial score (nSPS) is 48.0. The Morgan fingerprint density at radius 2 is 0.634 bits per heavy atom. The molecule has 0 unspecified atom stereocenters. The molecule has 11 aliphatic rings. The van der Waals surface area contributed by atoms with Crippen LogP contribution in [0.15, 0.2) is 0 Å². The van der Waals surface area contributed by atoms with Crippen LogP contribution in [0.2, 0.25) is 0 Å². The van der Waals surface area contributed by atoms with Crippen molar-refractivity contribution in [2.24, 2.45) is 0 Å². The molecule has 0 saturated carbocycles. The van der Waals surface area contributed by atoms with Crippen LogP contribution >= 0.6 is 0 Å². The van der Waals surface area contributed by atoms with Gasteiger partial charge in [-0.3, -0.25) is 24.0 Å². The second-order valence-electron chi connectivity index (χ2n) is 36.0. The Labute approximate surface area is 803 Å². The summed E-state index contributed by atoms with van der Waals surface area (Å²) in [5, 5.41) is 362. The molecular weight excluding hydrogens is 1950 g/mol. The molecule has 0 aromatic carbocycles. The van der Waals surface area contributed by atoms with Gasteiger partial charge < -0.3 is 284 Å². The van der Waals surface area contributed by atoms with E-state index in [0.717, 1.165) is 34.6 Å². The summed E-state index contributed by atoms with van der Waals surface area (Å²) in [4.78, 5) is 78.5. The number of rotatable bonds is 38. The van der Waals surface area contributed by atoms with Crippen LogP contribution in [0.5, 0.6) is 0 Å². The first-order chi connectivity index (χ1) is 67.0. The van der Waals surface area contributed by atoms with Gasteiger partial charge in [-0.15, -0.1) is 0 Å². The molecule has 5 amide bonds. The number of aliphatic hydroxyl groups is 30. The number of carbonyl (C=O) groups excluding carboxylic acids is 5. The molecule has 142 heavy (non-hydrogen) atoms. The van der Waals surface area contributed by atoms with Crippen molar-refractivity contribution in [3.63, 3.8) is 0 Å². The van der Waals surface area contributed by atoms with E-state index >= 15 is 0 Å². The highest BCUT2D eigenvalue weighted by Crippen LogP contribution is 2.44. The molecule has 0 aromatic heterocycles. The number of aliphatic carboxylic acids is 1. The Balaban J connectivity index is 0.946. The summed E-state index contributed by atoms with van der Waals surface area (Å²) in [6.07, 6.45) is -112. The van der Waals surface area contributed by atoms with Gasteiger partial charge in [-0.2, -0.15) is 0 Å². The lowest BCUT2D eigenvalue weighted by Crippen LogP contribution is -2.72. The van der Waals surface area contributed by atoms with Gasteiger partial charge in [0.1, 0.15) is 256 Å². The molecule has 36 N–H and O–H groups in total. The van der Waals surface area contributed by atoms with E-state index < -0.39 is 451 Å². The maximum atomic E-state index is 13.6. The van der Waals surface area contributed by atoms with Gasteiger partial charge in [-0.25, -0.2) is 4.79 Å². The molecule has 0 bridgehead atoms. The van der Waals surface area contributed by atoms with E-state index in [-0.39, 0.29) is 0 Å². The van der Waals surface area contributed by atoms with Gasteiger partial charge in [0, 0.05) is 41.0 Å². The van der Waals surface area contributed by atoms with Crippen LogP contribution in [0, 0.1) is 0 Å². The van der Waals surface area contributed by atoms with Gasteiger partial charge in [0.15, 0.2) is 62.9 Å². The zero-order valence-electron chi connectivity index (χ0n) is 76.4. The highest BCUT2D eigenvalue weighted by Gasteiger charge is 2.65. The standard InChI is InChI=1S/C79H131N5O58/c1-18-40(100)51(111)55(115)72(124-18)122-17-34-60(49(109)36(68(119)125-34)81-20(3)94)134-69-37(82-21(4)95)50(110)59(32(15-92)132-69)135-74-57(117)64(48(108)33(133-74)16-123-76-66(53(113)43(103)27(10-87)130-76)139-70-38(83-22(5)96)61(45(105)29(12-89)126-70)136-73-56(116)52(112)42(102)26(9-86)128-73)138-77-67(54(114)44(104)28(11-88)131-77)140-71-39(84-23(6)97)62(46(106)30(13-90)127-71)137-75-58(118)65(47(107)31(14-91)129-75)142-79(78(120)121)7-24(98)35(80-19(2)93)63(141-79)41(101)25(99)8-85/h18,24-77,85-92,98-119H,7-17H2,1-6H3,(H,80,93)(H,81,94)(H,82,95)(H,83,96)(H,84,97)(H,120,121)/t18-,24-,25+,26+,27+,28+,29+,30+,31+,32+,33+,34+,35+,36+,37+,38+,39+,40+,41+,42-,43+,44+,45+,46+,47-,48+,49+,50+,51+,52-,53-,54-,55-,56+,57-,58+,59+,60+,61+,62+,63+,64-,65-,66-,67-,68+,69-,70-,71-,72+,73-,74-,75-,76-,77+,79-/m0/s1. The van der Waals surface area contributed by atoms with E-state index in [2.05, 4.69) is 26.6 Å². The largest absolute Gasteiger partial charge is 0.477 e. The summed E-state index contributed by atoms with van der Waals surface area (Å²) < 4.78 is 126. The van der Waals surface area contributed by atoms with Gasteiger partial charge in [-0.05, 0) is 6.92 Å². The van der Waals surface area contributed by atoms with Gasteiger partial charge in [0.2, 0.25) is 29.5 Å². The SMILES string of the molecule is CC(=O)N[C@@H]1[C@@H](O)[C@H](O[C@@H]2O[C@H](CO)[C@@H](O[C@@H]3O[C@H](CO[C@H]4O[C@H](CO)[C@@H](O)[C@H](O)[C@@H]4O[C@@H]4O[C@H](CO)[C@@H](O)[C@H](O[C@@H]5O[C@H](CO)[C@H](O)[C@H](O)[C@H]5O)[C@H]4NC(C)=O)[C@@H](O)[C@H](O[C@H]4O[C@H](CO)[C@@H](O)[C@H](O)[C@@H]4O[C@@H]4O[C@H](CO)[C@@H](O)[C@H](O[C@@H]5O[C@H](CO)[C@H](O)[C@H](O[C@]6(C(=O)O)C[C@H](O)[C@@H](NC(C)=O)[C@H]([C@H](O)[C@H](O)CO)O6)[C@H]5O)[C@H]4NC(C)=O)[C@@H]3O)[C@H](O)[C@H]2NC(C)=O)[C@@H](CO[C@@H]2O[C@@H](C)[C@@H](O)[C@@H](O)[C@@H]2O)O[C@H]1O. The lowest BCUT2D eigenvalue weighted by molar-refractivity contribution is -0.401. The fourth-order valence-corrected chi connectivity index (χ4v) is 18.4. The molecule has 56 atom stereocenters. The number of hydrogen-bond donors (Lipinski definition) is 36. The van der Waals surface area contributed by atoms with E-state index in [1.807, 2.05) is 0 Å². The third kappa shape index (κ3) is 25.8. The first-order valence-electron chi connectivity index (χ1n) is 45.1. The zero-order chi connectivity index (χ0) is 105. The molecule has 63 nitrogen and oxygen atoms in total. The number of carbonyl (C=O) groups is 6. The minimum Gasteiger partial charge on any atom is -0.477 e. The molecule has 11 rings (SSSR count). The smallest absolute Gasteiger partial charge is 0.364 e. The summed E-state index contributed by atoms with van der Waals surface area (Å²) in [7, 11) is 0. The van der Waals surface area contributed by atoms with Crippen molar-refractivity contribution in [2.45, 2.75) is 391 Å². The molecule has 63 heteroatoms. The summed E-state index contributed by atoms with van der Waals surface area (Å²) in [6, 6.07) is -9.90. The lowest BCUT2D eigenvalue weighted by Gasteiger charge is -2.52. The Kier molecular flexibility index (Phi) is 41.7. The predicted molar refractivity (Wildman–Crippen MR) is 436 cm³/mol. The Morgan fingerprint density at radius 3 is 1.12 bits per heavy atom. The first-order valence-corrected chi connectivity index (χ1v) is 45.1. The number of hydrogen-bond acceptors (Lipinski definition) is 57. The van der Waals surface area contributed by atoms with Crippen molar-refractivity contribution in [1.29, 1.82) is 0 Å². The molecule has 0 radical (unpaired) electrons. The lowest BCUT2D eigenvalue weighted by atomic mass is 9.88. The molecule has 0 spiro atoms. The van der Waals surface area contributed by atoms with Crippen molar-refractivity contribution in [1.82, 2.24) is 26.6 Å². The second-order valence-corrected chi connectivity index (χ2v) is 36.0. The van der Waals surface area contributed by atoms with Crippen LogP contribution in [0.1, 0.15) is 48.0 Å².